The molecule has 2 aromatic carbocycles. The van der Waals surface area contributed by atoms with Crippen molar-refractivity contribution in [2.24, 2.45) is 0 Å². The Balaban J connectivity index is 1.21. The van der Waals surface area contributed by atoms with Gasteiger partial charge in [-0.1, -0.05) is 30.3 Å². The van der Waals surface area contributed by atoms with Crippen LogP contribution in [-0.2, 0) is 16.1 Å². The Bertz CT molecular complexity index is 1610. The lowest BCUT2D eigenvalue weighted by Crippen LogP contribution is -2.38. The molecule has 10 nitrogen and oxygen atoms in total. The topological polar surface area (TPSA) is 103 Å². The fourth-order valence-corrected chi connectivity index (χ4v) is 4.85. The van der Waals surface area contributed by atoms with E-state index in [2.05, 4.69) is 9.97 Å². The van der Waals surface area contributed by atoms with Gasteiger partial charge in [0.2, 0.25) is 11.8 Å². The molecular weight excluding hydrogens is 524 g/mol. The number of carbonyl (C=O) groups is 2. The number of amides is 2. The monoisotopic (exact) mass is 552 g/mol. The highest BCUT2D eigenvalue weighted by molar-refractivity contribution is 5.95. The summed E-state index contributed by atoms with van der Waals surface area (Å²) in [5.74, 6) is 1.47. The van der Waals surface area contributed by atoms with E-state index in [1.807, 2.05) is 36.4 Å². The van der Waals surface area contributed by atoms with Crippen LogP contribution < -0.4 is 19.1 Å². The summed E-state index contributed by atoms with van der Waals surface area (Å²) in [4.78, 5) is 38.5. The number of nitrogens with zero attached hydrogens (tertiary/aromatic N) is 4. The second kappa shape index (κ2) is 11.5. The van der Waals surface area contributed by atoms with Crippen molar-refractivity contribution in [3.63, 3.8) is 0 Å². The summed E-state index contributed by atoms with van der Waals surface area (Å²) in [7, 11) is 1.55. The van der Waals surface area contributed by atoms with Crippen molar-refractivity contribution in [2.75, 3.05) is 38.3 Å². The molecular formula is C31H28N4O6. The lowest BCUT2D eigenvalue weighted by molar-refractivity contribution is -0.127. The summed E-state index contributed by atoms with van der Waals surface area (Å²) in [5, 5.41) is 0. The van der Waals surface area contributed by atoms with Gasteiger partial charge in [-0.15, -0.1) is 0 Å². The van der Waals surface area contributed by atoms with Crippen LogP contribution >= 0.6 is 0 Å². The van der Waals surface area contributed by atoms with E-state index in [0.717, 1.165) is 11.1 Å². The van der Waals surface area contributed by atoms with Gasteiger partial charge in [0.15, 0.2) is 11.5 Å². The number of anilines is 1. The molecule has 0 saturated carbocycles. The normalized spacial score (nSPS) is 16.2. The van der Waals surface area contributed by atoms with E-state index >= 15 is 0 Å². The summed E-state index contributed by atoms with van der Waals surface area (Å²) >= 11 is 0. The molecule has 0 N–H and O–H groups in total. The van der Waals surface area contributed by atoms with Crippen molar-refractivity contribution in [3.05, 3.63) is 90.1 Å². The number of rotatable bonds is 8. The molecule has 41 heavy (non-hydrogen) atoms. The first-order chi connectivity index (χ1) is 20.1. The van der Waals surface area contributed by atoms with E-state index < -0.39 is 12.2 Å². The van der Waals surface area contributed by atoms with Gasteiger partial charge in [0.25, 0.3) is 0 Å². The van der Waals surface area contributed by atoms with Crippen molar-refractivity contribution >= 4 is 34.8 Å². The van der Waals surface area contributed by atoms with Crippen molar-refractivity contribution in [1.82, 2.24) is 14.9 Å². The van der Waals surface area contributed by atoms with Crippen molar-refractivity contribution in [1.29, 1.82) is 0 Å². The maximum atomic E-state index is 13.6. The molecule has 0 radical (unpaired) electrons. The Morgan fingerprint density at radius 2 is 1.90 bits per heavy atom. The van der Waals surface area contributed by atoms with Gasteiger partial charge in [-0.05, 0) is 35.9 Å². The van der Waals surface area contributed by atoms with Crippen LogP contribution in [0.5, 0.6) is 17.4 Å². The highest BCUT2D eigenvalue weighted by Crippen LogP contribution is 2.35. The molecule has 1 fully saturated rings. The lowest BCUT2D eigenvalue weighted by atomic mass is 10.1. The van der Waals surface area contributed by atoms with Crippen LogP contribution in [0.2, 0.25) is 0 Å². The Labute approximate surface area is 236 Å². The minimum atomic E-state index is -0.524. The minimum absolute atomic E-state index is 0.216. The van der Waals surface area contributed by atoms with Gasteiger partial charge in [0.05, 0.1) is 36.9 Å². The number of fused-ring (bicyclic) bond motifs is 2. The van der Waals surface area contributed by atoms with Gasteiger partial charge in [-0.3, -0.25) is 14.7 Å². The number of pyridine rings is 2. The molecule has 0 bridgehead atoms. The van der Waals surface area contributed by atoms with Gasteiger partial charge in [-0.2, -0.15) is 0 Å². The van der Waals surface area contributed by atoms with E-state index in [1.54, 1.807) is 59.5 Å². The largest absolute Gasteiger partial charge is 0.486 e. The van der Waals surface area contributed by atoms with Gasteiger partial charge in [-0.25, -0.2) is 9.78 Å². The molecule has 6 rings (SSSR count). The number of methoxy groups -OCH3 is 1. The third-order valence-electron chi connectivity index (χ3n) is 6.87. The highest BCUT2D eigenvalue weighted by Gasteiger charge is 2.35. The molecule has 208 valence electrons. The second-order valence-corrected chi connectivity index (χ2v) is 9.60. The van der Waals surface area contributed by atoms with Crippen molar-refractivity contribution < 1.29 is 28.5 Å². The quantitative estimate of drug-likeness (QED) is 0.295. The van der Waals surface area contributed by atoms with Gasteiger partial charge in [0, 0.05) is 36.5 Å². The molecule has 2 aromatic heterocycles. The first kappa shape index (κ1) is 26.1. The zero-order valence-electron chi connectivity index (χ0n) is 22.4. The number of hydrogen-bond donors (Lipinski definition) is 0. The summed E-state index contributed by atoms with van der Waals surface area (Å²) in [6, 6.07) is 20.4. The lowest BCUT2D eigenvalue weighted by Gasteiger charge is -2.24. The standard InChI is InChI=1S/C31H28N4O6/c1-38-28-11-9-25-30(33-28)22(13-14-32-25)7-12-29(36)34(18-21-5-3-2-4-6-21)19-24-20-35(31(37)41-24)23-8-10-26-27(17-23)40-16-15-39-26/h2-14,17,24H,15-16,18-20H2,1H3/b12-7+/t24-/m1/s1. The third kappa shape index (κ3) is 5.76. The second-order valence-electron chi connectivity index (χ2n) is 9.60. The molecule has 0 unspecified atom stereocenters. The Hall–Kier alpha value is -5.12. The highest BCUT2D eigenvalue weighted by atomic mass is 16.6. The van der Waals surface area contributed by atoms with Crippen molar-refractivity contribution in [2.45, 2.75) is 12.6 Å². The maximum absolute atomic E-state index is 13.6. The summed E-state index contributed by atoms with van der Waals surface area (Å²) < 4.78 is 22.2. The summed E-state index contributed by atoms with van der Waals surface area (Å²) in [6.07, 6.45) is 3.90. The van der Waals surface area contributed by atoms with Gasteiger partial charge in [0.1, 0.15) is 19.3 Å². The molecule has 2 aliphatic heterocycles. The molecule has 2 aliphatic rings. The first-order valence-corrected chi connectivity index (χ1v) is 13.3. The van der Waals surface area contributed by atoms with Crippen LogP contribution in [0.15, 0.2) is 79.0 Å². The number of ether oxygens (including phenoxy) is 4. The zero-order chi connectivity index (χ0) is 28.2. The number of aromatic nitrogens is 2. The molecule has 0 spiro atoms. The van der Waals surface area contributed by atoms with E-state index in [1.165, 1.54) is 6.08 Å². The number of cyclic esters (lactones) is 1. The molecule has 0 aliphatic carbocycles. The van der Waals surface area contributed by atoms with E-state index in [9.17, 15) is 9.59 Å². The first-order valence-electron chi connectivity index (χ1n) is 13.3. The fraction of sp³-hybridized carbons (Fsp3) is 0.226. The van der Waals surface area contributed by atoms with Gasteiger partial charge < -0.3 is 23.8 Å². The van der Waals surface area contributed by atoms with Crippen LogP contribution in [-0.4, -0.2) is 66.4 Å². The Morgan fingerprint density at radius 3 is 2.73 bits per heavy atom. The smallest absolute Gasteiger partial charge is 0.414 e. The van der Waals surface area contributed by atoms with Crippen LogP contribution in [0.1, 0.15) is 11.1 Å². The minimum Gasteiger partial charge on any atom is -0.486 e. The van der Waals surface area contributed by atoms with E-state index in [0.29, 0.717) is 60.4 Å². The summed E-state index contributed by atoms with van der Waals surface area (Å²) in [6.45, 7) is 1.80. The summed E-state index contributed by atoms with van der Waals surface area (Å²) in [5.41, 5.74) is 3.67. The number of hydrogen-bond acceptors (Lipinski definition) is 8. The number of carbonyl (C=O) groups excluding carboxylic acids is 2. The number of benzene rings is 2. The third-order valence-corrected chi connectivity index (χ3v) is 6.87. The zero-order valence-corrected chi connectivity index (χ0v) is 22.4. The molecule has 4 heterocycles. The fourth-order valence-electron chi connectivity index (χ4n) is 4.85. The van der Waals surface area contributed by atoms with Gasteiger partial charge >= 0.3 is 6.09 Å². The molecule has 4 aromatic rings. The Morgan fingerprint density at radius 1 is 1.07 bits per heavy atom. The van der Waals surface area contributed by atoms with Crippen molar-refractivity contribution in [3.8, 4) is 17.4 Å². The SMILES string of the molecule is COc1ccc2nccc(/C=C/C(=O)N(Cc3ccccc3)C[C@@H]3CN(c4ccc5c(c4)OCCO5)C(=O)O3)c2n1. The molecule has 10 heteroatoms. The van der Waals surface area contributed by atoms with E-state index in [-0.39, 0.29) is 12.5 Å². The van der Waals surface area contributed by atoms with Crippen LogP contribution in [0.25, 0.3) is 17.1 Å². The average Bonchev–Trinajstić information content (AvgIpc) is 3.39. The van der Waals surface area contributed by atoms with Crippen LogP contribution in [0.3, 0.4) is 0 Å². The predicted octanol–water partition coefficient (Wildman–Crippen LogP) is 4.48. The average molecular weight is 553 g/mol. The van der Waals surface area contributed by atoms with Crippen LogP contribution in [0, 0.1) is 0 Å². The van der Waals surface area contributed by atoms with Crippen LogP contribution in [0.4, 0.5) is 10.5 Å². The molecule has 1 atom stereocenters. The maximum Gasteiger partial charge on any atom is 0.414 e. The predicted molar refractivity (Wildman–Crippen MR) is 152 cm³/mol. The molecule has 2 amide bonds. The Kier molecular flexibility index (Phi) is 7.36. The van der Waals surface area contributed by atoms with E-state index in [4.69, 9.17) is 18.9 Å². The molecule has 1 saturated heterocycles.